The number of hydrogen-bond acceptors (Lipinski definition) is 9. The molecule has 0 saturated carbocycles. The fraction of sp³-hybridized carbons (Fsp3) is 0.133. The number of carbonyl (C=O) groups excluding carboxylic acids is 1. The van der Waals surface area contributed by atoms with Gasteiger partial charge in [-0.15, -0.1) is 10.2 Å². The van der Waals surface area contributed by atoms with Crippen LogP contribution in [0.5, 0.6) is 11.5 Å². The Kier molecular flexibility index (Phi) is 5.31. The highest BCUT2D eigenvalue weighted by atomic mass is 16.7. The van der Waals surface area contributed by atoms with Crippen LogP contribution >= 0.6 is 0 Å². The lowest BCUT2D eigenvalue weighted by molar-refractivity contribution is 0.153. The summed E-state index contributed by atoms with van der Waals surface area (Å²) in [5.41, 5.74) is 2.20. The fourth-order valence-electron chi connectivity index (χ4n) is 2.05. The van der Waals surface area contributed by atoms with Crippen LogP contribution in [0.4, 0.5) is 4.79 Å². The summed E-state index contributed by atoms with van der Waals surface area (Å²) in [5.74, 6) is 0.507. The maximum absolute atomic E-state index is 12.0. The van der Waals surface area contributed by atoms with Crippen molar-refractivity contribution in [2.75, 3.05) is 13.2 Å². The molecule has 11 nitrogen and oxygen atoms in total. The summed E-state index contributed by atoms with van der Waals surface area (Å²) in [6.07, 6.45) is -0.897. The summed E-state index contributed by atoms with van der Waals surface area (Å²) in [4.78, 5) is 12.0. The third-order valence-electron chi connectivity index (χ3n) is 3.13. The van der Waals surface area contributed by atoms with E-state index in [2.05, 4.69) is 30.8 Å². The third kappa shape index (κ3) is 3.74. The zero-order valence-electron chi connectivity index (χ0n) is 13.3. The number of fused-ring (bicyclic) bond motifs is 2. The van der Waals surface area contributed by atoms with Crippen molar-refractivity contribution in [1.82, 2.24) is 30.8 Å². The average Bonchev–Trinajstić information content (AvgIpc) is 3.32. The zero-order chi connectivity index (χ0) is 18.4. The van der Waals surface area contributed by atoms with E-state index in [-0.39, 0.29) is 24.7 Å². The monoisotopic (exact) mass is 358 g/mol. The largest absolute Gasteiger partial charge is 0.519 e. The molecular weight excluding hydrogens is 344 g/mol. The molecule has 0 fully saturated rings. The number of aromatic nitrogens is 6. The van der Waals surface area contributed by atoms with Crippen molar-refractivity contribution in [3.05, 3.63) is 36.4 Å². The van der Waals surface area contributed by atoms with Crippen LogP contribution in [0.2, 0.25) is 0 Å². The number of hydrogen-bond donors (Lipinski definition) is 4. The summed E-state index contributed by atoms with van der Waals surface area (Å²) < 4.78 is 10.3. The van der Waals surface area contributed by atoms with Crippen LogP contribution in [0.1, 0.15) is 0 Å². The number of benzene rings is 2. The lowest BCUT2D eigenvalue weighted by atomic mass is 10.3. The van der Waals surface area contributed by atoms with Crippen LogP contribution in [-0.4, -0.2) is 60.4 Å². The van der Waals surface area contributed by atoms with Crippen LogP contribution in [0.25, 0.3) is 22.1 Å². The van der Waals surface area contributed by atoms with E-state index < -0.39 is 6.16 Å². The highest BCUT2D eigenvalue weighted by Crippen LogP contribution is 2.24. The van der Waals surface area contributed by atoms with E-state index in [1.807, 2.05) is 0 Å². The van der Waals surface area contributed by atoms with Gasteiger partial charge in [0.2, 0.25) is 0 Å². The van der Waals surface area contributed by atoms with Crippen LogP contribution < -0.4 is 9.47 Å². The predicted molar refractivity (Wildman–Crippen MR) is 88.6 cm³/mol. The number of aliphatic hydroxyl groups excluding tert-OH is 2. The molecule has 0 spiro atoms. The van der Waals surface area contributed by atoms with E-state index in [9.17, 15) is 4.79 Å². The minimum Gasteiger partial charge on any atom is -0.394 e. The van der Waals surface area contributed by atoms with Crippen molar-refractivity contribution in [3.8, 4) is 11.5 Å². The van der Waals surface area contributed by atoms with E-state index in [1.165, 1.54) is 0 Å². The van der Waals surface area contributed by atoms with E-state index in [0.717, 1.165) is 0 Å². The highest BCUT2D eigenvalue weighted by molar-refractivity contribution is 5.85. The Balaban J connectivity index is 0.000000447. The summed E-state index contributed by atoms with van der Waals surface area (Å²) in [6, 6.07) is 10.2. The predicted octanol–water partition coefficient (Wildman–Crippen LogP) is 0.778. The third-order valence-corrected chi connectivity index (χ3v) is 3.13. The van der Waals surface area contributed by atoms with Gasteiger partial charge in [0.05, 0.1) is 24.2 Å². The maximum Gasteiger partial charge on any atom is 0.519 e. The molecule has 0 atom stereocenters. The van der Waals surface area contributed by atoms with Crippen LogP contribution in [0.15, 0.2) is 36.4 Å². The molecule has 4 N–H and O–H groups in total. The van der Waals surface area contributed by atoms with Crippen LogP contribution in [0.3, 0.4) is 0 Å². The van der Waals surface area contributed by atoms with Crippen molar-refractivity contribution in [2.24, 2.45) is 0 Å². The van der Waals surface area contributed by atoms with Gasteiger partial charge in [0.1, 0.15) is 0 Å². The normalized spacial score (nSPS) is 10.4. The Hall–Kier alpha value is -3.57. The first-order chi connectivity index (χ1) is 12.7. The molecule has 26 heavy (non-hydrogen) atoms. The van der Waals surface area contributed by atoms with Gasteiger partial charge in [0.15, 0.2) is 22.5 Å². The molecule has 0 saturated heterocycles. The topological polar surface area (TPSA) is 159 Å². The molecule has 134 valence electrons. The van der Waals surface area contributed by atoms with E-state index in [1.54, 1.807) is 36.4 Å². The summed E-state index contributed by atoms with van der Waals surface area (Å²) >= 11 is 0. The fourth-order valence-corrected chi connectivity index (χ4v) is 2.05. The van der Waals surface area contributed by atoms with Gasteiger partial charge in [-0.2, -0.15) is 0 Å². The molecule has 0 aliphatic rings. The molecular formula is C15H14N6O5. The number of nitrogens with one attached hydrogen (secondary N) is 2. The second-order valence-corrected chi connectivity index (χ2v) is 4.83. The summed E-state index contributed by atoms with van der Waals surface area (Å²) in [7, 11) is 0. The number of aliphatic hydroxyl groups is 2. The lowest BCUT2D eigenvalue weighted by Gasteiger charge is -2.05. The molecule has 0 aliphatic heterocycles. The van der Waals surface area contributed by atoms with E-state index in [0.29, 0.717) is 22.1 Å². The number of H-pyrrole nitrogens is 2. The van der Waals surface area contributed by atoms with Crippen molar-refractivity contribution in [3.63, 3.8) is 0 Å². The first-order valence-corrected chi connectivity index (χ1v) is 7.44. The van der Waals surface area contributed by atoms with Gasteiger partial charge < -0.3 is 19.7 Å². The molecule has 0 amide bonds. The molecule has 0 radical (unpaired) electrons. The number of rotatable bonds is 3. The molecule has 4 aromatic rings. The SMILES string of the molecule is O=C(Oc1cccc2[nH]nnc12)Oc1cccc2[nH]nnc12.OCCO. The van der Waals surface area contributed by atoms with Gasteiger partial charge in [-0.25, -0.2) is 4.79 Å². The van der Waals surface area contributed by atoms with Gasteiger partial charge >= 0.3 is 6.16 Å². The molecule has 4 rings (SSSR count). The quantitative estimate of drug-likeness (QED) is 0.306. The first-order valence-electron chi connectivity index (χ1n) is 7.44. The minimum absolute atomic E-state index is 0.125. The number of carbonyl (C=O) groups is 1. The van der Waals surface area contributed by atoms with Gasteiger partial charge in [0.25, 0.3) is 0 Å². The average molecular weight is 358 g/mol. The van der Waals surface area contributed by atoms with Crippen molar-refractivity contribution in [2.45, 2.75) is 0 Å². The lowest BCUT2D eigenvalue weighted by Crippen LogP contribution is -2.14. The van der Waals surface area contributed by atoms with Gasteiger partial charge in [-0.1, -0.05) is 22.6 Å². The van der Waals surface area contributed by atoms with Crippen LogP contribution in [-0.2, 0) is 0 Å². The first kappa shape index (κ1) is 17.3. The Morgan fingerprint density at radius 3 is 1.73 bits per heavy atom. The molecule has 2 aromatic heterocycles. The molecule has 0 aliphatic carbocycles. The smallest absolute Gasteiger partial charge is 0.394 e. The Labute approximate surface area is 145 Å². The highest BCUT2D eigenvalue weighted by Gasteiger charge is 2.15. The Bertz CT molecular complexity index is 934. The Morgan fingerprint density at radius 1 is 0.846 bits per heavy atom. The van der Waals surface area contributed by atoms with Crippen molar-refractivity contribution < 1.29 is 24.5 Å². The molecule has 0 unspecified atom stereocenters. The van der Waals surface area contributed by atoms with E-state index >= 15 is 0 Å². The molecule has 11 heteroatoms. The molecule has 2 aromatic carbocycles. The maximum atomic E-state index is 12.0. The Morgan fingerprint density at radius 2 is 1.31 bits per heavy atom. The van der Waals surface area contributed by atoms with Gasteiger partial charge in [0, 0.05) is 0 Å². The zero-order valence-corrected chi connectivity index (χ0v) is 13.3. The van der Waals surface area contributed by atoms with E-state index in [4.69, 9.17) is 19.7 Å². The molecule has 0 bridgehead atoms. The second kappa shape index (κ2) is 8.00. The summed E-state index contributed by atoms with van der Waals surface area (Å²) in [5, 5.41) is 35.7. The summed E-state index contributed by atoms with van der Waals surface area (Å²) in [6.45, 7) is -0.250. The molecule has 2 heterocycles. The van der Waals surface area contributed by atoms with Gasteiger partial charge in [-0.05, 0) is 24.3 Å². The number of ether oxygens (including phenoxy) is 2. The standard InChI is InChI=1S/C13H8N6O3.C2H6O2/c20-13(21-9-5-1-3-7-11(9)16-18-14-7)22-10-6-2-4-8-12(10)17-19-15-8;3-1-2-4/h1-6H,(H,14,16,18)(H,15,17,19);3-4H,1-2H2. The number of nitrogens with zero attached hydrogens (tertiary/aromatic N) is 4. The second-order valence-electron chi connectivity index (χ2n) is 4.83. The van der Waals surface area contributed by atoms with Crippen LogP contribution in [0, 0.1) is 0 Å². The number of aromatic amines is 2. The van der Waals surface area contributed by atoms with Crippen molar-refractivity contribution >= 4 is 28.2 Å². The van der Waals surface area contributed by atoms with Gasteiger partial charge in [-0.3, -0.25) is 10.2 Å². The van der Waals surface area contributed by atoms with Crippen molar-refractivity contribution in [1.29, 1.82) is 0 Å². The minimum atomic E-state index is -0.897.